The Labute approximate surface area is 91.1 Å². The van der Waals surface area contributed by atoms with Crippen LogP contribution in [0.4, 0.5) is 0 Å². The molecule has 0 saturated heterocycles. The van der Waals surface area contributed by atoms with E-state index in [1.165, 1.54) is 0 Å². The van der Waals surface area contributed by atoms with Gasteiger partial charge >= 0.3 is 0 Å². The summed E-state index contributed by atoms with van der Waals surface area (Å²) in [7, 11) is 1.91. The van der Waals surface area contributed by atoms with Crippen molar-refractivity contribution in [2.24, 2.45) is 12.5 Å². The molecule has 0 amide bonds. The summed E-state index contributed by atoms with van der Waals surface area (Å²) >= 11 is 0. The van der Waals surface area contributed by atoms with Crippen LogP contribution in [0.15, 0.2) is 12.4 Å². The van der Waals surface area contributed by atoms with Gasteiger partial charge in [0.1, 0.15) is 0 Å². The van der Waals surface area contributed by atoms with Crippen molar-refractivity contribution >= 4 is 0 Å². The number of hydrogen-bond donors (Lipinski definition) is 1. The lowest BCUT2D eigenvalue weighted by Gasteiger charge is -2.24. The van der Waals surface area contributed by atoms with Crippen LogP contribution in [0.3, 0.4) is 0 Å². The predicted octanol–water partition coefficient (Wildman–Crippen LogP) is 1.90. The van der Waals surface area contributed by atoms with Gasteiger partial charge in [-0.05, 0) is 30.2 Å². The molecular formula is C12H20N2O. The van der Waals surface area contributed by atoms with Gasteiger partial charge in [0.05, 0.1) is 11.8 Å². The molecule has 0 aromatic carbocycles. The van der Waals surface area contributed by atoms with E-state index in [0.717, 1.165) is 31.2 Å². The van der Waals surface area contributed by atoms with E-state index >= 15 is 0 Å². The van der Waals surface area contributed by atoms with Crippen LogP contribution in [0.2, 0.25) is 0 Å². The Bertz CT molecular complexity index is 356. The minimum atomic E-state index is -0.507. The van der Waals surface area contributed by atoms with Crippen LogP contribution in [-0.4, -0.2) is 20.5 Å². The fourth-order valence-electron chi connectivity index (χ4n) is 2.73. The molecule has 1 fully saturated rings. The maximum absolute atomic E-state index is 10.5. The lowest BCUT2D eigenvalue weighted by Crippen LogP contribution is -2.28. The Hall–Kier alpha value is -0.830. The molecule has 1 aliphatic rings. The van der Waals surface area contributed by atoms with Crippen molar-refractivity contribution in [3.05, 3.63) is 18.0 Å². The fraction of sp³-hybridized carbons (Fsp3) is 0.750. The van der Waals surface area contributed by atoms with Gasteiger partial charge in [-0.3, -0.25) is 4.68 Å². The quantitative estimate of drug-likeness (QED) is 0.806. The number of nitrogens with zero attached hydrogens (tertiary/aromatic N) is 2. The molecule has 0 aliphatic heterocycles. The lowest BCUT2D eigenvalue weighted by molar-refractivity contribution is 0.0379. The van der Waals surface area contributed by atoms with Gasteiger partial charge in [0.15, 0.2) is 0 Å². The number of rotatable bonds is 2. The van der Waals surface area contributed by atoms with Gasteiger partial charge in [-0.1, -0.05) is 13.8 Å². The topological polar surface area (TPSA) is 38.0 Å². The van der Waals surface area contributed by atoms with Crippen molar-refractivity contribution in [1.82, 2.24) is 9.78 Å². The Morgan fingerprint density at radius 1 is 1.47 bits per heavy atom. The summed E-state index contributed by atoms with van der Waals surface area (Å²) < 4.78 is 1.79. The second-order valence-electron chi connectivity index (χ2n) is 5.76. The van der Waals surface area contributed by atoms with Gasteiger partial charge in [0.2, 0.25) is 0 Å². The number of aryl methyl sites for hydroxylation is 1. The fourth-order valence-corrected chi connectivity index (χ4v) is 2.73. The Kier molecular flexibility index (Phi) is 2.38. The van der Waals surface area contributed by atoms with Crippen LogP contribution in [0, 0.1) is 5.41 Å². The third-order valence-electron chi connectivity index (χ3n) is 3.37. The van der Waals surface area contributed by atoms with Crippen molar-refractivity contribution < 1.29 is 5.11 Å². The van der Waals surface area contributed by atoms with E-state index in [0.29, 0.717) is 0 Å². The van der Waals surface area contributed by atoms with E-state index in [1.807, 2.05) is 19.4 Å². The lowest BCUT2D eigenvalue weighted by atomic mass is 9.87. The molecule has 1 saturated carbocycles. The molecule has 3 nitrogen and oxygen atoms in total. The van der Waals surface area contributed by atoms with Crippen LogP contribution >= 0.6 is 0 Å². The van der Waals surface area contributed by atoms with Crippen LogP contribution in [0.1, 0.15) is 38.7 Å². The normalized spacial score (nSPS) is 29.6. The summed E-state index contributed by atoms with van der Waals surface area (Å²) in [5.41, 5.74) is 0.918. The summed E-state index contributed by atoms with van der Waals surface area (Å²) in [6.45, 7) is 4.46. The summed E-state index contributed by atoms with van der Waals surface area (Å²) in [4.78, 5) is 0. The highest BCUT2D eigenvalue weighted by atomic mass is 16.3. The zero-order valence-electron chi connectivity index (χ0n) is 9.82. The van der Waals surface area contributed by atoms with Gasteiger partial charge in [-0.2, -0.15) is 5.10 Å². The number of hydrogen-bond acceptors (Lipinski definition) is 2. The molecule has 1 unspecified atom stereocenters. The van der Waals surface area contributed by atoms with E-state index < -0.39 is 5.60 Å². The third-order valence-corrected chi connectivity index (χ3v) is 3.37. The molecule has 3 heteroatoms. The van der Waals surface area contributed by atoms with E-state index in [1.54, 1.807) is 4.68 Å². The number of aliphatic hydroxyl groups is 1. The van der Waals surface area contributed by atoms with E-state index in [-0.39, 0.29) is 5.41 Å². The van der Waals surface area contributed by atoms with Gasteiger partial charge in [0, 0.05) is 19.7 Å². The molecular weight excluding hydrogens is 188 g/mol. The molecule has 1 aromatic heterocycles. The molecule has 84 valence electrons. The Morgan fingerprint density at radius 2 is 2.20 bits per heavy atom. The molecule has 1 N–H and O–H groups in total. The minimum Gasteiger partial charge on any atom is -0.390 e. The SMILES string of the molecule is Cn1cc(CC2(O)CCC(C)(C)C2)cn1. The largest absolute Gasteiger partial charge is 0.390 e. The second kappa shape index (κ2) is 3.34. The number of aromatic nitrogens is 2. The zero-order valence-corrected chi connectivity index (χ0v) is 9.82. The van der Waals surface area contributed by atoms with Crippen molar-refractivity contribution in [2.75, 3.05) is 0 Å². The summed E-state index contributed by atoms with van der Waals surface area (Å²) in [5.74, 6) is 0. The average molecular weight is 208 g/mol. The highest BCUT2D eigenvalue weighted by Crippen LogP contribution is 2.44. The molecule has 1 atom stereocenters. The first-order chi connectivity index (χ1) is 6.89. The van der Waals surface area contributed by atoms with Crippen LogP contribution in [0.25, 0.3) is 0 Å². The van der Waals surface area contributed by atoms with Gasteiger partial charge < -0.3 is 5.11 Å². The van der Waals surface area contributed by atoms with E-state index in [9.17, 15) is 5.11 Å². The highest BCUT2D eigenvalue weighted by molar-refractivity contribution is 5.10. The molecule has 1 aliphatic carbocycles. The molecule has 15 heavy (non-hydrogen) atoms. The first kappa shape index (κ1) is 10.7. The first-order valence-electron chi connectivity index (χ1n) is 5.59. The third kappa shape index (κ3) is 2.40. The van der Waals surface area contributed by atoms with Crippen LogP contribution in [0.5, 0.6) is 0 Å². The average Bonchev–Trinajstić information content (AvgIpc) is 2.57. The van der Waals surface area contributed by atoms with Gasteiger partial charge in [-0.25, -0.2) is 0 Å². The molecule has 2 rings (SSSR count). The molecule has 0 bridgehead atoms. The van der Waals surface area contributed by atoms with Crippen LogP contribution < -0.4 is 0 Å². The summed E-state index contributed by atoms with van der Waals surface area (Å²) in [6.07, 6.45) is 7.50. The van der Waals surface area contributed by atoms with Crippen molar-refractivity contribution in [3.8, 4) is 0 Å². The summed E-state index contributed by atoms with van der Waals surface area (Å²) in [6, 6.07) is 0. The standard InChI is InChI=1S/C12H20N2O/c1-11(2)4-5-12(15,9-11)6-10-7-13-14(3)8-10/h7-8,15H,4-6,9H2,1-3H3. The van der Waals surface area contributed by atoms with Gasteiger partial charge in [-0.15, -0.1) is 0 Å². The Morgan fingerprint density at radius 3 is 2.67 bits per heavy atom. The van der Waals surface area contributed by atoms with Crippen molar-refractivity contribution in [1.29, 1.82) is 0 Å². The van der Waals surface area contributed by atoms with E-state index in [4.69, 9.17) is 0 Å². The van der Waals surface area contributed by atoms with Crippen LogP contribution in [-0.2, 0) is 13.5 Å². The van der Waals surface area contributed by atoms with Crippen molar-refractivity contribution in [2.45, 2.75) is 45.1 Å². The molecule has 0 spiro atoms. The molecule has 1 heterocycles. The maximum Gasteiger partial charge on any atom is 0.0694 e. The predicted molar refractivity (Wildman–Crippen MR) is 59.5 cm³/mol. The highest BCUT2D eigenvalue weighted by Gasteiger charge is 2.41. The molecule has 1 aromatic rings. The Balaban J connectivity index is 2.06. The smallest absolute Gasteiger partial charge is 0.0694 e. The molecule has 0 radical (unpaired) electrons. The minimum absolute atomic E-state index is 0.289. The van der Waals surface area contributed by atoms with Crippen molar-refractivity contribution in [3.63, 3.8) is 0 Å². The second-order valence-corrected chi connectivity index (χ2v) is 5.76. The maximum atomic E-state index is 10.5. The van der Waals surface area contributed by atoms with Gasteiger partial charge in [0.25, 0.3) is 0 Å². The summed E-state index contributed by atoms with van der Waals surface area (Å²) in [5, 5.41) is 14.6. The van der Waals surface area contributed by atoms with E-state index in [2.05, 4.69) is 18.9 Å². The zero-order chi connectivity index (χ0) is 11.1. The monoisotopic (exact) mass is 208 g/mol. The first-order valence-corrected chi connectivity index (χ1v) is 5.59.